The van der Waals surface area contributed by atoms with E-state index in [0.29, 0.717) is 12.3 Å². The number of hydrogen-bond acceptors (Lipinski definition) is 2. The Morgan fingerprint density at radius 2 is 2.06 bits per heavy atom. The third-order valence-corrected chi connectivity index (χ3v) is 3.88. The van der Waals surface area contributed by atoms with Gasteiger partial charge in [0.15, 0.2) is 0 Å². The highest BCUT2D eigenvalue weighted by atomic mass is 79.9. The predicted octanol–water partition coefficient (Wildman–Crippen LogP) is 3.31. The Morgan fingerprint density at radius 3 is 2.53 bits per heavy atom. The maximum Gasteiger partial charge on any atom is 0.0738 e. The zero-order chi connectivity index (χ0) is 13.2. The Labute approximate surface area is 112 Å². The molecule has 0 aliphatic heterocycles. The van der Waals surface area contributed by atoms with Crippen molar-refractivity contribution in [3.8, 4) is 0 Å². The van der Waals surface area contributed by atoms with Gasteiger partial charge in [-0.2, -0.15) is 5.10 Å². The minimum atomic E-state index is -0.671. The molecule has 1 atom stereocenters. The van der Waals surface area contributed by atoms with E-state index in [2.05, 4.69) is 41.8 Å². The van der Waals surface area contributed by atoms with E-state index < -0.39 is 5.60 Å². The number of aryl methyl sites for hydroxylation is 2. The van der Waals surface area contributed by atoms with Gasteiger partial charge in [-0.1, -0.05) is 13.8 Å². The normalized spacial score (nSPS) is 15.3. The summed E-state index contributed by atoms with van der Waals surface area (Å²) in [6.45, 7) is 11.1. The fourth-order valence-corrected chi connectivity index (χ4v) is 2.77. The number of nitrogens with zero attached hydrogens (tertiary/aromatic N) is 2. The van der Waals surface area contributed by atoms with Crippen LogP contribution in [0.2, 0.25) is 0 Å². The summed E-state index contributed by atoms with van der Waals surface area (Å²) in [5.41, 5.74) is 1.41. The molecule has 1 aromatic rings. The SMILES string of the molecule is CCn1nc(C)c(Br)c1CC(C)(O)CC(C)C. The molecule has 1 unspecified atom stereocenters. The first-order valence-electron chi connectivity index (χ1n) is 6.21. The third kappa shape index (κ3) is 3.81. The maximum atomic E-state index is 10.4. The van der Waals surface area contributed by atoms with Crippen LogP contribution >= 0.6 is 15.9 Å². The summed E-state index contributed by atoms with van der Waals surface area (Å²) < 4.78 is 3.00. The van der Waals surface area contributed by atoms with Crippen LogP contribution in [0, 0.1) is 12.8 Å². The summed E-state index contributed by atoms with van der Waals surface area (Å²) in [4.78, 5) is 0. The van der Waals surface area contributed by atoms with Gasteiger partial charge < -0.3 is 5.11 Å². The van der Waals surface area contributed by atoms with Gasteiger partial charge in [0, 0.05) is 13.0 Å². The van der Waals surface area contributed by atoms with Gasteiger partial charge in [-0.3, -0.25) is 4.68 Å². The number of hydrogen-bond donors (Lipinski definition) is 1. The molecule has 0 aromatic carbocycles. The molecular weight excluding hydrogens is 280 g/mol. The molecule has 4 heteroatoms. The standard InChI is InChI=1S/C13H23BrN2O/c1-6-16-11(12(14)10(4)15-16)8-13(5,17)7-9(2)3/h9,17H,6-8H2,1-5H3. The van der Waals surface area contributed by atoms with Crippen LogP contribution in [0.4, 0.5) is 0 Å². The summed E-state index contributed by atoms with van der Waals surface area (Å²) in [6, 6.07) is 0. The van der Waals surface area contributed by atoms with E-state index >= 15 is 0 Å². The summed E-state index contributed by atoms with van der Waals surface area (Å²) >= 11 is 3.57. The molecule has 0 radical (unpaired) electrons. The zero-order valence-electron chi connectivity index (χ0n) is 11.4. The van der Waals surface area contributed by atoms with Crippen molar-refractivity contribution in [3.05, 3.63) is 15.9 Å². The van der Waals surface area contributed by atoms with Crippen molar-refractivity contribution in [2.45, 2.75) is 59.6 Å². The Balaban J connectivity index is 2.94. The van der Waals surface area contributed by atoms with Crippen molar-refractivity contribution in [3.63, 3.8) is 0 Å². The molecule has 98 valence electrons. The van der Waals surface area contributed by atoms with Gasteiger partial charge in [0.25, 0.3) is 0 Å². The van der Waals surface area contributed by atoms with Crippen LogP contribution in [0.5, 0.6) is 0 Å². The van der Waals surface area contributed by atoms with Crippen LogP contribution in [0.25, 0.3) is 0 Å². The first kappa shape index (κ1) is 14.7. The first-order valence-corrected chi connectivity index (χ1v) is 7.00. The van der Waals surface area contributed by atoms with Crippen molar-refractivity contribution in [2.75, 3.05) is 0 Å². The lowest BCUT2D eigenvalue weighted by atomic mass is 9.90. The van der Waals surface area contributed by atoms with E-state index in [-0.39, 0.29) is 0 Å². The van der Waals surface area contributed by atoms with E-state index in [9.17, 15) is 5.11 Å². The number of halogens is 1. The van der Waals surface area contributed by atoms with Crippen LogP contribution < -0.4 is 0 Å². The first-order chi connectivity index (χ1) is 7.76. The van der Waals surface area contributed by atoms with Crippen molar-refractivity contribution in [1.82, 2.24) is 9.78 Å². The van der Waals surface area contributed by atoms with Gasteiger partial charge in [0.2, 0.25) is 0 Å². The molecule has 0 bridgehead atoms. The molecule has 0 aliphatic carbocycles. The quantitative estimate of drug-likeness (QED) is 0.906. The Kier molecular flexibility index (Phi) is 4.78. The predicted molar refractivity (Wildman–Crippen MR) is 74.1 cm³/mol. The Hall–Kier alpha value is -0.350. The molecule has 0 fully saturated rings. The smallest absolute Gasteiger partial charge is 0.0738 e. The zero-order valence-corrected chi connectivity index (χ0v) is 13.0. The van der Waals surface area contributed by atoms with Gasteiger partial charge >= 0.3 is 0 Å². The van der Waals surface area contributed by atoms with Gasteiger partial charge in [-0.25, -0.2) is 0 Å². The molecule has 0 aliphatic rings. The van der Waals surface area contributed by atoms with Gasteiger partial charge in [0.1, 0.15) is 0 Å². The summed E-state index contributed by atoms with van der Waals surface area (Å²) in [6.07, 6.45) is 1.44. The molecule has 0 saturated heterocycles. The van der Waals surface area contributed by atoms with Gasteiger partial charge in [0.05, 0.1) is 21.5 Å². The number of rotatable bonds is 5. The van der Waals surface area contributed by atoms with E-state index in [4.69, 9.17) is 0 Å². The minimum absolute atomic E-state index is 0.489. The van der Waals surface area contributed by atoms with E-state index in [1.165, 1.54) is 0 Å². The average molecular weight is 303 g/mol. The fraction of sp³-hybridized carbons (Fsp3) is 0.769. The summed E-state index contributed by atoms with van der Waals surface area (Å²) in [5, 5.41) is 14.9. The molecule has 0 saturated carbocycles. The van der Waals surface area contributed by atoms with Crippen LogP contribution in [-0.4, -0.2) is 20.5 Å². The lowest BCUT2D eigenvalue weighted by Gasteiger charge is -2.25. The highest BCUT2D eigenvalue weighted by molar-refractivity contribution is 9.10. The van der Waals surface area contributed by atoms with E-state index in [1.54, 1.807) is 0 Å². The van der Waals surface area contributed by atoms with E-state index in [1.807, 2.05) is 18.5 Å². The molecule has 1 N–H and O–H groups in total. The Morgan fingerprint density at radius 1 is 1.47 bits per heavy atom. The molecule has 17 heavy (non-hydrogen) atoms. The fourth-order valence-electron chi connectivity index (χ4n) is 2.35. The lowest BCUT2D eigenvalue weighted by Crippen LogP contribution is -2.30. The second kappa shape index (κ2) is 5.53. The third-order valence-electron chi connectivity index (χ3n) is 2.85. The van der Waals surface area contributed by atoms with Crippen molar-refractivity contribution >= 4 is 15.9 Å². The Bertz CT molecular complexity index is 383. The van der Waals surface area contributed by atoms with Gasteiger partial charge in [-0.05, 0) is 49.0 Å². The van der Waals surface area contributed by atoms with Crippen molar-refractivity contribution in [1.29, 1.82) is 0 Å². The molecule has 0 amide bonds. The molecule has 1 rings (SSSR count). The second-order valence-electron chi connectivity index (χ2n) is 5.43. The van der Waals surface area contributed by atoms with Crippen LogP contribution in [0.15, 0.2) is 4.47 Å². The molecule has 0 spiro atoms. The monoisotopic (exact) mass is 302 g/mol. The maximum absolute atomic E-state index is 10.4. The molecule has 1 heterocycles. The highest BCUT2D eigenvalue weighted by Gasteiger charge is 2.26. The van der Waals surface area contributed by atoms with Crippen LogP contribution in [0.3, 0.4) is 0 Å². The van der Waals surface area contributed by atoms with E-state index in [0.717, 1.165) is 28.8 Å². The largest absolute Gasteiger partial charge is 0.390 e. The highest BCUT2D eigenvalue weighted by Crippen LogP contribution is 2.28. The van der Waals surface area contributed by atoms with Crippen molar-refractivity contribution in [2.24, 2.45) is 5.92 Å². The van der Waals surface area contributed by atoms with Crippen molar-refractivity contribution < 1.29 is 5.11 Å². The second-order valence-corrected chi connectivity index (χ2v) is 6.23. The molecular formula is C13H23BrN2O. The van der Waals surface area contributed by atoms with Gasteiger partial charge in [-0.15, -0.1) is 0 Å². The number of aliphatic hydroxyl groups is 1. The topological polar surface area (TPSA) is 38.0 Å². The lowest BCUT2D eigenvalue weighted by molar-refractivity contribution is 0.0367. The number of aromatic nitrogens is 2. The molecule has 3 nitrogen and oxygen atoms in total. The summed E-state index contributed by atoms with van der Waals surface area (Å²) in [7, 11) is 0. The summed E-state index contributed by atoms with van der Waals surface area (Å²) in [5.74, 6) is 0.489. The minimum Gasteiger partial charge on any atom is -0.390 e. The van der Waals surface area contributed by atoms with Crippen LogP contribution in [-0.2, 0) is 13.0 Å². The average Bonchev–Trinajstić information content (AvgIpc) is 2.43. The van der Waals surface area contributed by atoms with Crippen LogP contribution in [0.1, 0.15) is 45.5 Å². The molecule has 1 aromatic heterocycles.